The van der Waals surface area contributed by atoms with Gasteiger partial charge >= 0.3 is 5.97 Å². The Morgan fingerprint density at radius 3 is 2.15 bits per heavy atom. The van der Waals surface area contributed by atoms with Crippen LogP contribution in [0.25, 0.3) is 0 Å². The molecule has 1 aromatic rings. The maximum atomic E-state index is 11.3. The molecule has 2 heterocycles. The highest BCUT2D eigenvalue weighted by atomic mass is 16.5. The molecule has 0 aliphatic carbocycles. The number of carboxylic acids is 1. The van der Waals surface area contributed by atoms with E-state index in [1.54, 1.807) is 18.2 Å². The summed E-state index contributed by atoms with van der Waals surface area (Å²) in [6, 6.07) is 5.02. The zero-order valence-corrected chi connectivity index (χ0v) is 11.8. The third-order valence-electron chi connectivity index (χ3n) is 3.50. The fraction of sp³-hybridized carbons (Fsp3) is 0.562. The number of carbonyl (C=O) groups is 1. The SMILES string of the molecule is O=C(O)c1cc2ccc1OCCCCCCCCCO2. The summed E-state index contributed by atoms with van der Waals surface area (Å²) in [5.74, 6) is 0.0547. The van der Waals surface area contributed by atoms with Crippen LogP contribution in [0.1, 0.15) is 55.3 Å². The van der Waals surface area contributed by atoms with Crippen LogP contribution in [0.15, 0.2) is 18.2 Å². The van der Waals surface area contributed by atoms with E-state index in [-0.39, 0.29) is 5.56 Å². The molecule has 0 saturated heterocycles. The Kier molecular flexibility index (Phi) is 5.71. The van der Waals surface area contributed by atoms with Crippen molar-refractivity contribution in [2.45, 2.75) is 44.9 Å². The number of aromatic carboxylic acids is 1. The van der Waals surface area contributed by atoms with Gasteiger partial charge in [-0.2, -0.15) is 0 Å². The molecule has 0 spiro atoms. The summed E-state index contributed by atoms with van der Waals surface area (Å²) in [5, 5.41) is 9.24. The van der Waals surface area contributed by atoms with Gasteiger partial charge in [-0.3, -0.25) is 0 Å². The third-order valence-corrected chi connectivity index (χ3v) is 3.50. The van der Waals surface area contributed by atoms with Crippen LogP contribution in [0.4, 0.5) is 0 Å². The second-order valence-corrected chi connectivity index (χ2v) is 5.13. The normalized spacial score (nSPS) is 17.4. The average molecular weight is 278 g/mol. The topological polar surface area (TPSA) is 55.8 Å². The van der Waals surface area contributed by atoms with Crippen LogP contribution in [0, 0.1) is 0 Å². The number of ether oxygens (including phenoxy) is 2. The molecule has 3 rings (SSSR count). The van der Waals surface area contributed by atoms with Gasteiger partial charge in [0.1, 0.15) is 17.1 Å². The Morgan fingerprint density at radius 2 is 1.50 bits per heavy atom. The molecule has 2 bridgehead atoms. The molecular formula is C16H22O4. The summed E-state index contributed by atoms with van der Waals surface area (Å²) in [7, 11) is 0. The number of hydrogen-bond donors (Lipinski definition) is 1. The van der Waals surface area contributed by atoms with Crippen molar-refractivity contribution in [1.82, 2.24) is 0 Å². The van der Waals surface area contributed by atoms with Gasteiger partial charge in [-0.05, 0) is 31.0 Å². The first kappa shape index (κ1) is 14.7. The van der Waals surface area contributed by atoms with Crippen molar-refractivity contribution in [3.05, 3.63) is 23.8 Å². The lowest BCUT2D eigenvalue weighted by Crippen LogP contribution is -2.05. The van der Waals surface area contributed by atoms with Gasteiger partial charge in [-0.1, -0.05) is 32.1 Å². The van der Waals surface area contributed by atoms with Crippen LogP contribution < -0.4 is 9.47 Å². The minimum atomic E-state index is -0.977. The molecule has 2 aliphatic heterocycles. The van der Waals surface area contributed by atoms with Gasteiger partial charge in [-0.15, -0.1) is 0 Å². The quantitative estimate of drug-likeness (QED) is 0.846. The van der Waals surface area contributed by atoms with E-state index in [0.717, 1.165) is 19.3 Å². The Hall–Kier alpha value is -1.71. The van der Waals surface area contributed by atoms with E-state index in [9.17, 15) is 9.90 Å². The fourth-order valence-electron chi connectivity index (χ4n) is 2.35. The fourth-order valence-corrected chi connectivity index (χ4v) is 2.35. The highest BCUT2D eigenvalue weighted by Gasteiger charge is 2.13. The first-order valence-electron chi connectivity index (χ1n) is 7.40. The molecule has 4 nitrogen and oxygen atoms in total. The molecule has 0 amide bonds. The van der Waals surface area contributed by atoms with E-state index in [1.807, 2.05) is 0 Å². The van der Waals surface area contributed by atoms with Gasteiger partial charge in [0.05, 0.1) is 13.2 Å². The van der Waals surface area contributed by atoms with Crippen LogP contribution in [-0.2, 0) is 0 Å². The van der Waals surface area contributed by atoms with Crippen molar-refractivity contribution in [1.29, 1.82) is 0 Å². The molecule has 4 heteroatoms. The van der Waals surface area contributed by atoms with Gasteiger partial charge in [0.2, 0.25) is 0 Å². The van der Waals surface area contributed by atoms with Gasteiger partial charge in [0, 0.05) is 0 Å². The molecule has 0 atom stereocenters. The van der Waals surface area contributed by atoms with Crippen LogP contribution in [-0.4, -0.2) is 24.3 Å². The number of hydrogen-bond acceptors (Lipinski definition) is 3. The lowest BCUT2D eigenvalue weighted by molar-refractivity contribution is 0.0691. The summed E-state index contributed by atoms with van der Waals surface area (Å²) in [6.45, 7) is 1.21. The molecule has 1 aromatic carbocycles. The van der Waals surface area contributed by atoms with Crippen LogP contribution in [0.5, 0.6) is 11.5 Å². The number of carboxylic acid groups (broad SMARTS) is 1. The van der Waals surface area contributed by atoms with E-state index in [4.69, 9.17) is 9.47 Å². The van der Waals surface area contributed by atoms with E-state index < -0.39 is 5.97 Å². The van der Waals surface area contributed by atoms with E-state index in [0.29, 0.717) is 24.7 Å². The van der Waals surface area contributed by atoms with Crippen molar-refractivity contribution in [3.63, 3.8) is 0 Å². The Labute approximate surface area is 119 Å². The second-order valence-electron chi connectivity index (χ2n) is 5.13. The average Bonchev–Trinajstić information content (AvgIpc) is 2.46. The van der Waals surface area contributed by atoms with Crippen LogP contribution in [0.3, 0.4) is 0 Å². The Bertz CT molecular complexity index is 442. The third kappa shape index (κ3) is 4.44. The summed E-state index contributed by atoms with van der Waals surface area (Å²) < 4.78 is 11.2. The minimum Gasteiger partial charge on any atom is -0.494 e. The maximum Gasteiger partial charge on any atom is 0.339 e. The predicted octanol–water partition coefficient (Wildman–Crippen LogP) is 3.89. The molecule has 110 valence electrons. The molecule has 20 heavy (non-hydrogen) atoms. The standard InChI is InChI=1S/C16H22O4/c17-16(18)14-12-13-8-9-15(14)20-11-7-5-3-1-2-4-6-10-19-13/h8-9,12H,1-7,10-11H2,(H,17,18). The van der Waals surface area contributed by atoms with Gasteiger partial charge in [0.15, 0.2) is 0 Å². The number of benzene rings is 1. The van der Waals surface area contributed by atoms with Crippen molar-refractivity contribution < 1.29 is 19.4 Å². The summed E-state index contributed by atoms with van der Waals surface area (Å²) in [5.41, 5.74) is 0.178. The predicted molar refractivity (Wildman–Crippen MR) is 76.7 cm³/mol. The zero-order chi connectivity index (χ0) is 14.2. The molecule has 0 radical (unpaired) electrons. The monoisotopic (exact) mass is 278 g/mol. The summed E-state index contributed by atoms with van der Waals surface area (Å²) >= 11 is 0. The Balaban J connectivity index is 2.10. The molecule has 2 aliphatic rings. The lowest BCUT2D eigenvalue weighted by atomic mass is 10.1. The first-order valence-corrected chi connectivity index (χ1v) is 7.40. The molecule has 0 fully saturated rings. The number of rotatable bonds is 1. The summed E-state index contributed by atoms with van der Waals surface area (Å²) in [6.07, 6.45) is 8.00. The molecule has 0 aromatic heterocycles. The van der Waals surface area contributed by atoms with Crippen molar-refractivity contribution in [3.8, 4) is 11.5 Å². The van der Waals surface area contributed by atoms with Gasteiger partial charge in [0.25, 0.3) is 0 Å². The molecule has 0 unspecified atom stereocenters. The highest BCUT2D eigenvalue weighted by Crippen LogP contribution is 2.25. The van der Waals surface area contributed by atoms with Crippen LogP contribution in [0.2, 0.25) is 0 Å². The first-order chi connectivity index (χ1) is 9.77. The van der Waals surface area contributed by atoms with Gasteiger partial charge in [-0.25, -0.2) is 4.79 Å². The lowest BCUT2D eigenvalue weighted by Gasteiger charge is -2.11. The number of fused-ring (bicyclic) bond motifs is 12. The molecule has 0 saturated carbocycles. The molecular weight excluding hydrogens is 256 g/mol. The van der Waals surface area contributed by atoms with Gasteiger partial charge < -0.3 is 14.6 Å². The smallest absolute Gasteiger partial charge is 0.339 e. The summed E-state index contributed by atoms with van der Waals surface area (Å²) in [4.78, 5) is 11.3. The highest BCUT2D eigenvalue weighted by molar-refractivity contribution is 5.91. The largest absolute Gasteiger partial charge is 0.494 e. The maximum absolute atomic E-state index is 11.3. The second kappa shape index (κ2) is 7.78. The van der Waals surface area contributed by atoms with E-state index in [2.05, 4.69) is 0 Å². The van der Waals surface area contributed by atoms with Crippen molar-refractivity contribution >= 4 is 5.97 Å². The zero-order valence-electron chi connectivity index (χ0n) is 11.8. The minimum absolute atomic E-state index is 0.178. The van der Waals surface area contributed by atoms with Crippen molar-refractivity contribution in [2.75, 3.05) is 13.2 Å². The Morgan fingerprint density at radius 1 is 0.900 bits per heavy atom. The van der Waals surface area contributed by atoms with E-state index in [1.165, 1.54) is 25.7 Å². The van der Waals surface area contributed by atoms with Crippen molar-refractivity contribution in [2.24, 2.45) is 0 Å². The molecule has 1 N–H and O–H groups in total. The van der Waals surface area contributed by atoms with E-state index >= 15 is 0 Å². The van der Waals surface area contributed by atoms with Crippen LogP contribution >= 0.6 is 0 Å².